The number of aromatic nitrogens is 1. The zero-order valence-corrected chi connectivity index (χ0v) is 16.1. The Morgan fingerprint density at radius 1 is 1.10 bits per heavy atom. The molecule has 4 rings (SSSR count). The number of imide groups is 1. The fraction of sp³-hybridized carbons (Fsp3) is 0.182. The van der Waals surface area contributed by atoms with E-state index in [1.54, 1.807) is 19.2 Å². The minimum atomic E-state index is -1.23. The van der Waals surface area contributed by atoms with Crippen molar-refractivity contribution in [3.8, 4) is 0 Å². The number of nitrogens with one attached hydrogen (secondary N) is 2. The van der Waals surface area contributed by atoms with Gasteiger partial charge in [-0.3, -0.25) is 14.5 Å². The number of anilines is 1. The van der Waals surface area contributed by atoms with Crippen molar-refractivity contribution in [2.24, 2.45) is 0 Å². The average Bonchev–Trinajstić information content (AvgIpc) is 2.93. The molecule has 1 aromatic heterocycles. The highest BCUT2D eigenvalue weighted by molar-refractivity contribution is 6.10. The minimum Gasteiger partial charge on any atom is -0.319 e. The van der Waals surface area contributed by atoms with Gasteiger partial charge in [-0.05, 0) is 47.9 Å². The molecule has 7 heteroatoms. The Hall–Kier alpha value is -3.74. The molecule has 0 radical (unpaired) electrons. The molecular formula is C22H20N4O3. The second kappa shape index (κ2) is 7.01. The largest absolute Gasteiger partial charge is 0.325 e. The maximum atomic E-state index is 13.1. The van der Waals surface area contributed by atoms with Crippen LogP contribution in [-0.4, -0.2) is 34.3 Å². The predicted molar refractivity (Wildman–Crippen MR) is 109 cm³/mol. The van der Waals surface area contributed by atoms with E-state index < -0.39 is 23.4 Å². The lowest BCUT2D eigenvalue weighted by atomic mass is 9.90. The van der Waals surface area contributed by atoms with Gasteiger partial charge in [-0.2, -0.15) is 0 Å². The van der Waals surface area contributed by atoms with Gasteiger partial charge in [0.2, 0.25) is 5.91 Å². The van der Waals surface area contributed by atoms with Crippen LogP contribution in [0.3, 0.4) is 0 Å². The quantitative estimate of drug-likeness (QED) is 0.672. The van der Waals surface area contributed by atoms with Gasteiger partial charge < -0.3 is 10.6 Å². The van der Waals surface area contributed by atoms with Crippen molar-refractivity contribution in [1.29, 1.82) is 0 Å². The number of rotatable bonds is 4. The Kier molecular flexibility index (Phi) is 4.50. The van der Waals surface area contributed by atoms with Crippen molar-refractivity contribution in [3.05, 3.63) is 71.9 Å². The van der Waals surface area contributed by atoms with Crippen LogP contribution in [0, 0.1) is 6.92 Å². The van der Waals surface area contributed by atoms with E-state index >= 15 is 0 Å². The molecule has 2 N–H and O–H groups in total. The highest BCUT2D eigenvalue weighted by atomic mass is 16.2. The summed E-state index contributed by atoms with van der Waals surface area (Å²) in [4.78, 5) is 43.0. The fourth-order valence-corrected chi connectivity index (χ4v) is 3.47. The molecule has 29 heavy (non-hydrogen) atoms. The zero-order valence-electron chi connectivity index (χ0n) is 16.1. The van der Waals surface area contributed by atoms with Gasteiger partial charge in [0.05, 0.1) is 0 Å². The maximum absolute atomic E-state index is 13.1. The van der Waals surface area contributed by atoms with Crippen LogP contribution in [0.25, 0.3) is 10.8 Å². The summed E-state index contributed by atoms with van der Waals surface area (Å²) in [5, 5.41) is 7.39. The van der Waals surface area contributed by atoms with Crippen LogP contribution in [0.2, 0.25) is 0 Å². The highest BCUT2D eigenvalue weighted by Gasteiger charge is 2.49. The van der Waals surface area contributed by atoms with E-state index in [0.29, 0.717) is 11.4 Å². The molecule has 146 valence electrons. The van der Waals surface area contributed by atoms with Gasteiger partial charge in [-0.15, -0.1) is 0 Å². The Balaban J connectivity index is 1.56. The molecule has 0 spiro atoms. The van der Waals surface area contributed by atoms with Crippen molar-refractivity contribution in [3.63, 3.8) is 0 Å². The van der Waals surface area contributed by atoms with Crippen molar-refractivity contribution in [2.45, 2.75) is 19.4 Å². The standard InChI is InChI=1S/C22H20N4O3/c1-14-6-5-11-23-19(14)24-18(27)13-26-20(28)22(2,25-21(26)29)17-10-9-15-7-3-4-8-16(15)12-17/h3-12H,13H2,1-2H3,(H,25,29)(H,23,24,27)/t22-/m0/s1. The Labute approximate surface area is 167 Å². The molecule has 4 amide bonds. The third-order valence-electron chi connectivity index (χ3n) is 5.17. The van der Waals surface area contributed by atoms with Crippen LogP contribution in [-0.2, 0) is 15.1 Å². The van der Waals surface area contributed by atoms with Gasteiger partial charge >= 0.3 is 6.03 Å². The molecule has 2 aromatic carbocycles. The van der Waals surface area contributed by atoms with Gasteiger partial charge in [0.1, 0.15) is 17.9 Å². The minimum absolute atomic E-state index is 0.385. The molecule has 0 aliphatic carbocycles. The Bertz CT molecular complexity index is 1140. The van der Waals surface area contributed by atoms with E-state index in [1.165, 1.54) is 0 Å². The summed E-state index contributed by atoms with van der Waals surface area (Å²) in [6.07, 6.45) is 1.56. The molecule has 7 nitrogen and oxygen atoms in total. The number of benzene rings is 2. The summed E-state index contributed by atoms with van der Waals surface area (Å²) in [5.41, 5.74) is 0.222. The summed E-state index contributed by atoms with van der Waals surface area (Å²) >= 11 is 0. The van der Waals surface area contributed by atoms with Crippen molar-refractivity contribution >= 4 is 34.4 Å². The van der Waals surface area contributed by atoms with Crippen LogP contribution >= 0.6 is 0 Å². The van der Waals surface area contributed by atoms with Crippen molar-refractivity contribution < 1.29 is 14.4 Å². The fourth-order valence-electron chi connectivity index (χ4n) is 3.47. The summed E-state index contributed by atoms with van der Waals surface area (Å²) in [6.45, 7) is 3.08. The van der Waals surface area contributed by atoms with Gasteiger partial charge in [0, 0.05) is 6.20 Å². The smallest absolute Gasteiger partial charge is 0.319 e. The first-order valence-corrected chi connectivity index (χ1v) is 9.23. The topological polar surface area (TPSA) is 91.4 Å². The summed E-state index contributed by atoms with van der Waals surface area (Å²) < 4.78 is 0. The lowest BCUT2D eigenvalue weighted by Crippen LogP contribution is -2.42. The number of nitrogens with zero attached hydrogens (tertiary/aromatic N) is 2. The maximum Gasteiger partial charge on any atom is 0.325 e. The van der Waals surface area contributed by atoms with Gasteiger partial charge in [0.25, 0.3) is 5.91 Å². The SMILES string of the molecule is Cc1cccnc1NC(=O)CN1C(=O)N[C@@](C)(c2ccc3ccccc3c2)C1=O. The van der Waals surface area contributed by atoms with Gasteiger partial charge in [0.15, 0.2) is 0 Å². The van der Waals surface area contributed by atoms with E-state index in [-0.39, 0.29) is 6.54 Å². The van der Waals surface area contributed by atoms with Crippen molar-refractivity contribution in [2.75, 3.05) is 11.9 Å². The number of hydrogen-bond donors (Lipinski definition) is 2. The number of amides is 4. The number of hydrogen-bond acceptors (Lipinski definition) is 4. The second-order valence-corrected chi connectivity index (χ2v) is 7.23. The highest BCUT2D eigenvalue weighted by Crippen LogP contribution is 2.31. The number of carbonyl (C=O) groups is 3. The van der Waals surface area contributed by atoms with E-state index in [0.717, 1.165) is 21.2 Å². The second-order valence-electron chi connectivity index (χ2n) is 7.23. The summed E-state index contributed by atoms with van der Waals surface area (Å²) in [6, 6.07) is 16.4. The molecule has 1 atom stereocenters. The Morgan fingerprint density at radius 3 is 2.62 bits per heavy atom. The molecule has 1 fully saturated rings. The molecule has 1 aliphatic heterocycles. The molecule has 1 aliphatic rings. The van der Waals surface area contributed by atoms with E-state index in [1.807, 2.05) is 55.5 Å². The molecule has 0 unspecified atom stereocenters. The van der Waals surface area contributed by atoms with Crippen LogP contribution < -0.4 is 10.6 Å². The number of aryl methyl sites for hydroxylation is 1. The third-order valence-corrected chi connectivity index (χ3v) is 5.17. The van der Waals surface area contributed by atoms with E-state index in [2.05, 4.69) is 15.6 Å². The molecule has 1 saturated heterocycles. The molecule has 3 aromatic rings. The van der Waals surface area contributed by atoms with E-state index in [4.69, 9.17) is 0 Å². The number of urea groups is 1. The number of fused-ring (bicyclic) bond motifs is 1. The molecule has 0 saturated carbocycles. The van der Waals surface area contributed by atoms with Gasteiger partial charge in [-0.25, -0.2) is 9.78 Å². The van der Waals surface area contributed by atoms with Crippen molar-refractivity contribution in [1.82, 2.24) is 15.2 Å². The van der Waals surface area contributed by atoms with Crippen LogP contribution in [0.4, 0.5) is 10.6 Å². The lowest BCUT2D eigenvalue weighted by molar-refractivity contribution is -0.133. The summed E-state index contributed by atoms with van der Waals surface area (Å²) in [7, 11) is 0. The zero-order chi connectivity index (χ0) is 20.6. The lowest BCUT2D eigenvalue weighted by Gasteiger charge is -2.22. The monoisotopic (exact) mass is 388 g/mol. The molecular weight excluding hydrogens is 368 g/mol. The molecule has 2 heterocycles. The Morgan fingerprint density at radius 2 is 1.86 bits per heavy atom. The normalized spacial score (nSPS) is 18.8. The average molecular weight is 388 g/mol. The first-order chi connectivity index (χ1) is 13.9. The van der Waals surface area contributed by atoms with Gasteiger partial charge in [-0.1, -0.05) is 42.5 Å². The predicted octanol–water partition coefficient (Wildman–Crippen LogP) is 2.95. The third kappa shape index (κ3) is 3.31. The van der Waals surface area contributed by atoms with E-state index in [9.17, 15) is 14.4 Å². The number of pyridine rings is 1. The first-order valence-electron chi connectivity index (χ1n) is 9.23. The van der Waals surface area contributed by atoms with Crippen LogP contribution in [0.5, 0.6) is 0 Å². The molecule has 0 bridgehead atoms. The van der Waals surface area contributed by atoms with Crippen LogP contribution in [0.1, 0.15) is 18.1 Å². The number of carbonyl (C=O) groups excluding carboxylic acids is 3. The summed E-state index contributed by atoms with van der Waals surface area (Å²) in [5.74, 6) is -0.550. The first kappa shape index (κ1) is 18.6. The van der Waals surface area contributed by atoms with Crippen LogP contribution in [0.15, 0.2) is 60.8 Å².